The quantitative estimate of drug-likeness (QED) is 0.777. The Bertz CT molecular complexity index is 600. The average molecular weight is 360 g/mol. The second-order valence-electron chi connectivity index (χ2n) is 4.35. The lowest BCUT2D eigenvalue weighted by Gasteiger charge is -2.28. The maximum atomic E-state index is 11.0. The molecule has 0 radical (unpaired) electrons. The summed E-state index contributed by atoms with van der Waals surface area (Å²) in [7, 11) is 0. The normalized spacial score (nSPS) is 14.2. The highest BCUT2D eigenvalue weighted by Gasteiger charge is 2.30. The molecule has 4 heteroatoms. The Morgan fingerprint density at radius 3 is 2.32 bits per heavy atom. The smallest absolute Gasteiger partial charge is 0.114 e. The zero-order valence-corrected chi connectivity index (χ0v) is 13.4. The van der Waals surface area contributed by atoms with Crippen molar-refractivity contribution in [2.45, 2.75) is 18.9 Å². The van der Waals surface area contributed by atoms with Gasteiger partial charge < -0.3 is 5.11 Å². The maximum absolute atomic E-state index is 11.0. The lowest BCUT2D eigenvalue weighted by atomic mass is 9.84. The summed E-state index contributed by atoms with van der Waals surface area (Å²) >= 11 is 15.4. The molecular formula is C15H13BrCl2O. The van der Waals surface area contributed by atoms with Gasteiger partial charge in [0.2, 0.25) is 0 Å². The van der Waals surface area contributed by atoms with Gasteiger partial charge in [0.1, 0.15) is 5.60 Å². The van der Waals surface area contributed by atoms with Gasteiger partial charge in [-0.2, -0.15) is 0 Å². The van der Waals surface area contributed by atoms with Crippen LogP contribution in [-0.2, 0) is 5.60 Å². The highest BCUT2D eigenvalue weighted by molar-refractivity contribution is 9.10. The van der Waals surface area contributed by atoms with E-state index in [0.29, 0.717) is 16.5 Å². The van der Waals surface area contributed by atoms with Gasteiger partial charge in [0.05, 0.1) is 10.0 Å². The number of aliphatic hydroxyl groups is 1. The Balaban J connectivity index is 2.56. The molecule has 19 heavy (non-hydrogen) atoms. The lowest BCUT2D eigenvalue weighted by molar-refractivity contribution is 0.0765. The van der Waals surface area contributed by atoms with Gasteiger partial charge in [-0.3, -0.25) is 0 Å². The van der Waals surface area contributed by atoms with Crippen molar-refractivity contribution in [1.29, 1.82) is 0 Å². The number of benzene rings is 2. The first-order valence-corrected chi connectivity index (χ1v) is 7.46. The van der Waals surface area contributed by atoms with Gasteiger partial charge in [0.15, 0.2) is 0 Å². The Morgan fingerprint density at radius 1 is 1.05 bits per heavy atom. The van der Waals surface area contributed by atoms with Gasteiger partial charge in [-0.15, -0.1) is 0 Å². The number of halogens is 3. The van der Waals surface area contributed by atoms with Gasteiger partial charge >= 0.3 is 0 Å². The number of rotatable bonds is 3. The predicted octanol–water partition coefficient (Wildman–Crippen LogP) is 5.40. The zero-order chi connectivity index (χ0) is 14.0. The monoisotopic (exact) mass is 358 g/mol. The molecule has 1 unspecified atom stereocenters. The van der Waals surface area contributed by atoms with Gasteiger partial charge in [-0.25, -0.2) is 0 Å². The Hall–Kier alpha value is -0.540. The van der Waals surface area contributed by atoms with Crippen LogP contribution < -0.4 is 0 Å². The van der Waals surface area contributed by atoms with E-state index in [9.17, 15) is 5.11 Å². The molecule has 2 aromatic carbocycles. The van der Waals surface area contributed by atoms with Crippen LogP contribution in [0, 0.1) is 0 Å². The molecule has 0 spiro atoms. The number of hydrogen-bond donors (Lipinski definition) is 1. The molecule has 0 bridgehead atoms. The third-order valence-electron chi connectivity index (χ3n) is 3.21. The Labute approximate surface area is 131 Å². The first-order valence-electron chi connectivity index (χ1n) is 5.91. The van der Waals surface area contributed by atoms with E-state index in [1.807, 2.05) is 31.2 Å². The Morgan fingerprint density at radius 2 is 1.74 bits per heavy atom. The summed E-state index contributed by atoms with van der Waals surface area (Å²) in [5, 5.41) is 11.9. The van der Waals surface area contributed by atoms with Gasteiger partial charge in [-0.1, -0.05) is 64.3 Å². The minimum Gasteiger partial charge on any atom is -0.380 e. The van der Waals surface area contributed by atoms with Crippen molar-refractivity contribution in [3.8, 4) is 0 Å². The molecule has 0 aliphatic heterocycles. The van der Waals surface area contributed by atoms with Crippen molar-refractivity contribution in [2.75, 3.05) is 0 Å². The van der Waals surface area contributed by atoms with E-state index in [1.54, 1.807) is 18.2 Å². The van der Waals surface area contributed by atoms with E-state index in [-0.39, 0.29) is 0 Å². The van der Waals surface area contributed by atoms with Gasteiger partial charge in [-0.05, 0) is 41.8 Å². The van der Waals surface area contributed by atoms with Crippen LogP contribution in [0.15, 0.2) is 46.9 Å². The van der Waals surface area contributed by atoms with Crippen LogP contribution in [0.25, 0.3) is 0 Å². The first kappa shape index (κ1) is 14.9. The fourth-order valence-electron chi connectivity index (χ4n) is 2.07. The average Bonchev–Trinajstić information content (AvgIpc) is 2.41. The van der Waals surface area contributed by atoms with Crippen LogP contribution in [0.4, 0.5) is 0 Å². The van der Waals surface area contributed by atoms with Gasteiger partial charge in [0, 0.05) is 4.47 Å². The van der Waals surface area contributed by atoms with E-state index in [2.05, 4.69) is 15.9 Å². The third kappa shape index (κ3) is 2.97. The summed E-state index contributed by atoms with van der Waals surface area (Å²) in [5.41, 5.74) is 0.489. The first-order chi connectivity index (χ1) is 8.97. The van der Waals surface area contributed by atoms with E-state index in [1.165, 1.54) is 0 Å². The van der Waals surface area contributed by atoms with E-state index < -0.39 is 5.60 Å². The molecule has 100 valence electrons. The molecule has 2 aromatic rings. The molecule has 1 atom stereocenters. The van der Waals surface area contributed by atoms with Crippen LogP contribution in [-0.4, -0.2) is 5.11 Å². The molecular weight excluding hydrogens is 347 g/mol. The van der Waals surface area contributed by atoms with Crippen LogP contribution in [0.1, 0.15) is 24.5 Å². The maximum Gasteiger partial charge on any atom is 0.114 e. The van der Waals surface area contributed by atoms with Crippen molar-refractivity contribution in [1.82, 2.24) is 0 Å². The van der Waals surface area contributed by atoms with Crippen molar-refractivity contribution in [2.24, 2.45) is 0 Å². The standard InChI is InChI=1S/C15H13BrCl2O/c1-2-15(19,10-4-3-5-12(16)8-10)11-6-7-13(17)14(18)9-11/h3-9,19H,2H2,1H3. The summed E-state index contributed by atoms with van der Waals surface area (Å²) in [4.78, 5) is 0. The third-order valence-corrected chi connectivity index (χ3v) is 4.44. The molecule has 1 N–H and O–H groups in total. The molecule has 0 saturated carbocycles. The molecule has 0 aromatic heterocycles. The minimum absolute atomic E-state index is 0.445. The van der Waals surface area contributed by atoms with Gasteiger partial charge in [0.25, 0.3) is 0 Å². The Kier molecular flexibility index (Phi) is 4.57. The summed E-state index contributed by atoms with van der Waals surface area (Å²) < 4.78 is 0.928. The molecule has 1 nitrogen and oxygen atoms in total. The van der Waals surface area contributed by atoms with E-state index >= 15 is 0 Å². The van der Waals surface area contributed by atoms with Crippen molar-refractivity contribution >= 4 is 39.1 Å². The molecule has 0 amide bonds. The fourth-order valence-corrected chi connectivity index (χ4v) is 2.77. The van der Waals surface area contributed by atoms with E-state index in [4.69, 9.17) is 23.2 Å². The minimum atomic E-state index is -1.07. The van der Waals surface area contributed by atoms with Crippen LogP contribution in [0.2, 0.25) is 10.0 Å². The largest absolute Gasteiger partial charge is 0.380 e. The van der Waals surface area contributed by atoms with Crippen LogP contribution >= 0.6 is 39.1 Å². The van der Waals surface area contributed by atoms with Crippen molar-refractivity contribution in [3.63, 3.8) is 0 Å². The lowest BCUT2D eigenvalue weighted by Crippen LogP contribution is -2.26. The molecule has 0 aliphatic rings. The summed E-state index contributed by atoms with van der Waals surface area (Å²) in [6.07, 6.45) is 0.543. The highest BCUT2D eigenvalue weighted by atomic mass is 79.9. The second kappa shape index (κ2) is 5.84. The second-order valence-corrected chi connectivity index (χ2v) is 6.08. The van der Waals surface area contributed by atoms with Crippen molar-refractivity contribution < 1.29 is 5.11 Å². The molecule has 0 saturated heterocycles. The van der Waals surface area contributed by atoms with Crippen LogP contribution in [0.3, 0.4) is 0 Å². The molecule has 0 aliphatic carbocycles. The fraction of sp³-hybridized carbons (Fsp3) is 0.200. The number of hydrogen-bond acceptors (Lipinski definition) is 1. The van der Waals surface area contributed by atoms with Crippen molar-refractivity contribution in [3.05, 3.63) is 68.1 Å². The van der Waals surface area contributed by atoms with E-state index in [0.717, 1.165) is 15.6 Å². The summed E-state index contributed by atoms with van der Waals surface area (Å²) in [6, 6.07) is 12.9. The molecule has 0 heterocycles. The molecule has 2 rings (SSSR count). The predicted molar refractivity (Wildman–Crippen MR) is 83.9 cm³/mol. The zero-order valence-electron chi connectivity index (χ0n) is 10.3. The highest BCUT2D eigenvalue weighted by Crippen LogP contribution is 2.36. The van der Waals surface area contributed by atoms with Crippen LogP contribution in [0.5, 0.6) is 0 Å². The summed E-state index contributed by atoms with van der Waals surface area (Å²) in [5.74, 6) is 0. The topological polar surface area (TPSA) is 20.2 Å². The molecule has 0 fully saturated rings. The SMILES string of the molecule is CCC(O)(c1cccc(Br)c1)c1ccc(Cl)c(Cl)c1. The summed E-state index contributed by atoms with van der Waals surface area (Å²) in [6.45, 7) is 1.93.